The van der Waals surface area contributed by atoms with Crippen molar-refractivity contribution < 1.29 is 23.1 Å². The van der Waals surface area contributed by atoms with Crippen molar-refractivity contribution in [3.8, 4) is 10.7 Å². The van der Waals surface area contributed by atoms with E-state index in [1.54, 1.807) is 36.3 Å². The molecule has 14 heteroatoms. The highest BCUT2D eigenvalue weighted by Gasteiger charge is 2.61. The lowest BCUT2D eigenvalue weighted by atomic mass is 9.82. The molecule has 0 spiro atoms. The van der Waals surface area contributed by atoms with Crippen LogP contribution in [0.1, 0.15) is 24.6 Å². The Bertz CT molecular complexity index is 1250. The van der Waals surface area contributed by atoms with Gasteiger partial charge in [0.05, 0.1) is 11.7 Å². The maximum Gasteiger partial charge on any atom is 0.408 e. The SMILES string of the molecule is CN1C(=O)C(O)([C@@H]2CN[C@@H](c3csc(-c4ccnc(Nc5ccn(C)n5)n4)n3)C2)CC1C(F)(F)F. The number of likely N-dealkylation sites (tertiary alicyclic amines) is 1. The molecule has 0 aromatic carbocycles. The molecule has 35 heavy (non-hydrogen) atoms. The van der Waals surface area contributed by atoms with Crippen molar-refractivity contribution in [1.29, 1.82) is 0 Å². The molecular formula is C21H23F3N8O2S. The first-order chi connectivity index (χ1) is 16.5. The highest BCUT2D eigenvalue weighted by molar-refractivity contribution is 7.13. The number of nitrogens with one attached hydrogen (secondary N) is 2. The Morgan fingerprint density at radius 2 is 2.09 bits per heavy atom. The topological polar surface area (TPSA) is 121 Å². The van der Waals surface area contributed by atoms with Crippen LogP contribution in [0.2, 0.25) is 0 Å². The van der Waals surface area contributed by atoms with E-state index in [9.17, 15) is 23.1 Å². The summed E-state index contributed by atoms with van der Waals surface area (Å²) in [6, 6.07) is 1.23. The zero-order valence-electron chi connectivity index (χ0n) is 18.8. The quantitative estimate of drug-likeness (QED) is 0.480. The Morgan fingerprint density at radius 3 is 2.77 bits per heavy atom. The van der Waals surface area contributed by atoms with Crippen LogP contribution in [0.3, 0.4) is 0 Å². The fourth-order valence-electron chi connectivity index (χ4n) is 4.67. The number of thiazole rings is 1. The lowest BCUT2D eigenvalue weighted by Crippen LogP contribution is -2.46. The molecule has 1 amide bonds. The van der Waals surface area contributed by atoms with Gasteiger partial charge in [0.15, 0.2) is 5.82 Å². The molecule has 2 aliphatic heterocycles. The maximum absolute atomic E-state index is 13.3. The van der Waals surface area contributed by atoms with Crippen LogP contribution >= 0.6 is 11.3 Å². The average Bonchev–Trinajstić information content (AvgIpc) is 3.59. The third-order valence-electron chi connectivity index (χ3n) is 6.55. The maximum atomic E-state index is 13.3. The molecule has 3 aromatic heterocycles. The second kappa shape index (κ2) is 8.53. The minimum absolute atomic E-state index is 0.212. The summed E-state index contributed by atoms with van der Waals surface area (Å²) in [5.74, 6) is -0.584. The first-order valence-corrected chi connectivity index (χ1v) is 11.8. The highest BCUT2D eigenvalue weighted by Crippen LogP contribution is 2.45. The van der Waals surface area contributed by atoms with E-state index >= 15 is 0 Å². The molecular weight excluding hydrogens is 485 g/mol. The van der Waals surface area contributed by atoms with Crippen molar-refractivity contribution in [3.63, 3.8) is 0 Å². The third kappa shape index (κ3) is 4.36. The van der Waals surface area contributed by atoms with Gasteiger partial charge in [-0.3, -0.25) is 9.48 Å². The Balaban J connectivity index is 1.29. The minimum Gasteiger partial charge on any atom is -0.380 e. The van der Waals surface area contributed by atoms with Crippen molar-refractivity contribution >= 4 is 29.0 Å². The summed E-state index contributed by atoms with van der Waals surface area (Å²) in [6.07, 6.45) is -1.57. The predicted molar refractivity (Wildman–Crippen MR) is 121 cm³/mol. The third-order valence-corrected chi connectivity index (χ3v) is 7.44. The molecule has 10 nitrogen and oxygen atoms in total. The number of hydrogen-bond donors (Lipinski definition) is 3. The smallest absolute Gasteiger partial charge is 0.380 e. The average molecular weight is 509 g/mol. The molecule has 2 fully saturated rings. The van der Waals surface area contributed by atoms with Crippen LogP contribution < -0.4 is 10.6 Å². The molecule has 2 aliphatic rings. The number of anilines is 2. The van der Waals surface area contributed by atoms with Crippen molar-refractivity contribution in [2.45, 2.75) is 36.7 Å². The molecule has 5 rings (SSSR count). The Labute approximate surface area is 202 Å². The van der Waals surface area contributed by atoms with Crippen molar-refractivity contribution in [2.75, 3.05) is 18.9 Å². The number of nitrogens with zero attached hydrogens (tertiary/aromatic N) is 6. The molecule has 0 bridgehead atoms. The number of aliphatic hydroxyl groups is 1. The van der Waals surface area contributed by atoms with Crippen LogP contribution in [0, 0.1) is 5.92 Å². The first kappa shape index (κ1) is 23.6. The van der Waals surface area contributed by atoms with E-state index in [4.69, 9.17) is 0 Å². The molecule has 186 valence electrons. The fourth-order valence-corrected chi connectivity index (χ4v) is 5.51. The predicted octanol–water partition coefficient (Wildman–Crippen LogP) is 2.25. The number of aryl methyl sites for hydroxylation is 1. The van der Waals surface area contributed by atoms with Crippen LogP contribution in [0.4, 0.5) is 24.9 Å². The lowest BCUT2D eigenvalue weighted by Gasteiger charge is -2.26. The van der Waals surface area contributed by atoms with Crippen LogP contribution in [0.5, 0.6) is 0 Å². The number of alkyl halides is 3. The van der Waals surface area contributed by atoms with Gasteiger partial charge in [-0.25, -0.2) is 15.0 Å². The summed E-state index contributed by atoms with van der Waals surface area (Å²) in [6.45, 7) is 0.212. The van der Waals surface area contributed by atoms with Crippen molar-refractivity contribution in [1.82, 2.24) is 34.9 Å². The Morgan fingerprint density at radius 1 is 1.29 bits per heavy atom. The van der Waals surface area contributed by atoms with Gasteiger partial charge >= 0.3 is 6.18 Å². The monoisotopic (exact) mass is 508 g/mol. The van der Waals surface area contributed by atoms with E-state index in [1.807, 2.05) is 5.38 Å². The van der Waals surface area contributed by atoms with E-state index in [2.05, 4.69) is 30.7 Å². The molecule has 5 heterocycles. The summed E-state index contributed by atoms with van der Waals surface area (Å²) >= 11 is 1.37. The lowest BCUT2D eigenvalue weighted by molar-refractivity contribution is -0.177. The molecule has 3 aromatic rings. The second-order valence-corrected chi connectivity index (χ2v) is 9.70. The standard InChI is InChI=1S/C21H23F3N8O2S/c1-31-6-4-16(30-31)29-19-25-5-3-12(28-19)17-27-14(10-35-17)13-7-11(9-26-13)20(34)8-15(21(22,23)24)32(2)18(20)33/h3-6,10-11,13,15,26,34H,7-9H2,1-2H3,(H,25,28,29,30)/t11-,13+,15?,20?/m0/s1. The fraction of sp³-hybridized carbons (Fsp3) is 0.476. The van der Waals surface area contributed by atoms with Gasteiger partial charge in [0, 0.05) is 56.8 Å². The Kier molecular flexibility index (Phi) is 5.76. The van der Waals surface area contributed by atoms with Crippen LogP contribution in [-0.2, 0) is 11.8 Å². The van der Waals surface area contributed by atoms with E-state index in [0.717, 1.165) is 7.05 Å². The van der Waals surface area contributed by atoms with Gasteiger partial charge in [-0.2, -0.15) is 18.3 Å². The van der Waals surface area contributed by atoms with Crippen molar-refractivity contribution in [2.24, 2.45) is 13.0 Å². The number of carbonyl (C=O) groups is 1. The van der Waals surface area contributed by atoms with Crippen LogP contribution in [0.15, 0.2) is 29.9 Å². The zero-order valence-corrected chi connectivity index (χ0v) is 19.6. The molecule has 3 N–H and O–H groups in total. The Hall–Kier alpha value is -3.10. The molecule has 0 radical (unpaired) electrons. The number of rotatable bonds is 5. The number of amides is 1. The summed E-state index contributed by atoms with van der Waals surface area (Å²) in [5, 5.41) is 23.9. The van der Waals surface area contributed by atoms with E-state index in [1.165, 1.54) is 11.3 Å². The van der Waals surface area contributed by atoms with Crippen LogP contribution in [-0.4, -0.2) is 72.1 Å². The summed E-state index contributed by atoms with van der Waals surface area (Å²) < 4.78 is 41.6. The molecule has 4 atom stereocenters. The van der Waals surface area contributed by atoms with E-state index in [-0.39, 0.29) is 12.6 Å². The number of likely N-dealkylation sites (N-methyl/N-ethyl adjacent to an activating group) is 1. The summed E-state index contributed by atoms with van der Waals surface area (Å²) in [5.41, 5.74) is -0.780. The van der Waals surface area contributed by atoms with Gasteiger partial charge in [0.2, 0.25) is 5.95 Å². The number of carbonyl (C=O) groups excluding carboxylic acids is 1. The number of aromatic nitrogens is 5. The largest absolute Gasteiger partial charge is 0.408 e. The zero-order chi connectivity index (χ0) is 25.0. The van der Waals surface area contributed by atoms with Gasteiger partial charge < -0.3 is 20.6 Å². The molecule has 0 aliphatic carbocycles. The van der Waals surface area contributed by atoms with E-state index in [0.29, 0.717) is 39.5 Å². The molecule has 0 saturated carbocycles. The highest BCUT2D eigenvalue weighted by atomic mass is 32.1. The van der Waals surface area contributed by atoms with Crippen molar-refractivity contribution in [3.05, 3.63) is 35.6 Å². The van der Waals surface area contributed by atoms with Gasteiger partial charge in [-0.15, -0.1) is 11.3 Å². The van der Waals surface area contributed by atoms with E-state index < -0.39 is 36.1 Å². The number of halogens is 3. The second-order valence-electron chi connectivity index (χ2n) is 8.84. The van der Waals surface area contributed by atoms with Gasteiger partial charge in [0.25, 0.3) is 5.91 Å². The summed E-state index contributed by atoms with van der Waals surface area (Å²) in [7, 11) is 2.89. The van der Waals surface area contributed by atoms with Gasteiger partial charge in [-0.1, -0.05) is 0 Å². The first-order valence-electron chi connectivity index (χ1n) is 10.9. The van der Waals surface area contributed by atoms with Gasteiger partial charge in [0.1, 0.15) is 22.3 Å². The number of hydrogen-bond acceptors (Lipinski definition) is 9. The molecule has 2 unspecified atom stereocenters. The minimum atomic E-state index is -4.59. The van der Waals surface area contributed by atoms with Crippen LogP contribution in [0.25, 0.3) is 10.7 Å². The van der Waals surface area contributed by atoms with Gasteiger partial charge in [-0.05, 0) is 12.5 Å². The normalized spacial score (nSPS) is 27.1. The molecule has 2 saturated heterocycles. The summed E-state index contributed by atoms with van der Waals surface area (Å²) in [4.78, 5) is 26.5.